The highest BCUT2D eigenvalue weighted by atomic mass is 16.1. The number of nitrogens with one attached hydrogen (secondary N) is 2. The van der Waals surface area contributed by atoms with Crippen LogP contribution in [0, 0.1) is 13.8 Å². The molecule has 0 spiro atoms. The van der Waals surface area contributed by atoms with Crippen molar-refractivity contribution in [2.75, 3.05) is 13.1 Å². The molecule has 2 aromatic rings. The summed E-state index contributed by atoms with van der Waals surface area (Å²) in [7, 11) is 0. The van der Waals surface area contributed by atoms with E-state index in [-0.39, 0.29) is 5.56 Å². The molecule has 0 aliphatic carbocycles. The van der Waals surface area contributed by atoms with Gasteiger partial charge in [0.05, 0.1) is 0 Å². The minimum Gasteiger partial charge on any atom is -0.326 e. The first-order chi connectivity index (χ1) is 9.16. The highest BCUT2D eigenvalue weighted by Gasteiger charge is 2.20. The summed E-state index contributed by atoms with van der Waals surface area (Å²) in [5.41, 5.74) is 3.55. The number of H-pyrrole nitrogens is 1. The fourth-order valence-electron chi connectivity index (χ4n) is 3.22. The van der Waals surface area contributed by atoms with Crippen LogP contribution in [0.1, 0.15) is 35.6 Å². The lowest BCUT2D eigenvalue weighted by molar-refractivity contribution is 0.460. The molecular weight excluding hydrogens is 236 g/mol. The third-order valence-electron chi connectivity index (χ3n) is 4.16. The Morgan fingerprint density at radius 2 is 1.84 bits per heavy atom. The molecule has 3 nitrogen and oxygen atoms in total. The lowest BCUT2D eigenvalue weighted by Crippen LogP contribution is -2.27. The molecule has 0 unspecified atom stereocenters. The number of fused-ring (bicyclic) bond motifs is 1. The van der Waals surface area contributed by atoms with Crippen LogP contribution in [0.5, 0.6) is 0 Å². The van der Waals surface area contributed by atoms with E-state index < -0.39 is 0 Å². The second kappa shape index (κ2) is 4.82. The molecule has 1 aromatic carbocycles. The molecule has 1 aliphatic heterocycles. The van der Waals surface area contributed by atoms with Crippen molar-refractivity contribution in [3.05, 3.63) is 45.4 Å². The van der Waals surface area contributed by atoms with Crippen molar-refractivity contribution in [3.63, 3.8) is 0 Å². The molecule has 0 atom stereocenters. The minimum absolute atomic E-state index is 0.0360. The molecule has 3 rings (SSSR count). The number of hydrogen-bond acceptors (Lipinski definition) is 2. The molecule has 1 fully saturated rings. The lowest BCUT2D eigenvalue weighted by Gasteiger charge is -2.25. The molecule has 2 heterocycles. The molecule has 19 heavy (non-hydrogen) atoms. The van der Waals surface area contributed by atoms with Crippen LogP contribution >= 0.6 is 0 Å². The summed E-state index contributed by atoms with van der Waals surface area (Å²) in [6, 6.07) is 6.22. The zero-order valence-corrected chi connectivity index (χ0v) is 11.5. The summed E-state index contributed by atoms with van der Waals surface area (Å²) >= 11 is 0. The molecule has 0 saturated carbocycles. The van der Waals surface area contributed by atoms with Crippen molar-refractivity contribution >= 4 is 10.8 Å². The van der Waals surface area contributed by atoms with Gasteiger partial charge in [0.2, 0.25) is 0 Å². The number of benzene rings is 1. The van der Waals surface area contributed by atoms with E-state index in [0.717, 1.165) is 48.0 Å². The maximum atomic E-state index is 12.1. The number of rotatable bonds is 1. The Labute approximate surface area is 113 Å². The van der Waals surface area contributed by atoms with Gasteiger partial charge in [-0.1, -0.05) is 17.7 Å². The molecule has 100 valence electrons. The Bertz CT molecular complexity index is 666. The molecule has 1 aliphatic rings. The van der Waals surface area contributed by atoms with Crippen LogP contribution in [-0.4, -0.2) is 18.1 Å². The first-order valence-corrected chi connectivity index (χ1v) is 7.00. The number of piperidine rings is 1. The van der Waals surface area contributed by atoms with E-state index in [0.29, 0.717) is 5.92 Å². The van der Waals surface area contributed by atoms with Crippen molar-refractivity contribution in [1.82, 2.24) is 10.3 Å². The van der Waals surface area contributed by atoms with Gasteiger partial charge in [-0.15, -0.1) is 0 Å². The maximum absolute atomic E-state index is 12.1. The fraction of sp³-hybridized carbons (Fsp3) is 0.438. The normalized spacial score (nSPS) is 16.9. The SMILES string of the molecule is Cc1ccc2c(C3CCNCC3)c(C)[nH]c(=O)c2c1. The van der Waals surface area contributed by atoms with Gasteiger partial charge >= 0.3 is 0 Å². The minimum atomic E-state index is 0.0360. The first kappa shape index (κ1) is 12.4. The Balaban J connectivity index is 2.25. The van der Waals surface area contributed by atoms with Crippen molar-refractivity contribution in [3.8, 4) is 0 Å². The van der Waals surface area contributed by atoms with Crippen LogP contribution < -0.4 is 10.9 Å². The largest absolute Gasteiger partial charge is 0.326 e. The molecule has 2 N–H and O–H groups in total. The second-order valence-electron chi connectivity index (χ2n) is 5.57. The predicted molar refractivity (Wildman–Crippen MR) is 78.9 cm³/mol. The first-order valence-electron chi connectivity index (χ1n) is 7.00. The van der Waals surface area contributed by atoms with E-state index in [4.69, 9.17) is 0 Å². The third kappa shape index (κ3) is 2.19. The van der Waals surface area contributed by atoms with Crippen molar-refractivity contribution in [2.45, 2.75) is 32.6 Å². The van der Waals surface area contributed by atoms with Gasteiger partial charge in [0, 0.05) is 11.1 Å². The standard InChI is InChI=1S/C16H20N2O/c1-10-3-4-13-14(9-10)16(19)18-11(2)15(13)12-5-7-17-8-6-12/h3-4,9,12,17H,5-8H2,1-2H3,(H,18,19). The lowest BCUT2D eigenvalue weighted by atomic mass is 9.86. The highest BCUT2D eigenvalue weighted by Crippen LogP contribution is 2.32. The van der Waals surface area contributed by atoms with Crippen LogP contribution in [0.3, 0.4) is 0 Å². The second-order valence-corrected chi connectivity index (χ2v) is 5.57. The van der Waals surface area contributed by atoms with E-state index in [2.05, 4.69) is 22.4 Å². The molecule has 1 aromatic heterocycles. The summed E-state index contributed by atoms with van der Waals surface area (Å²) in [6.07, 6.45) is 2.30. The molecular formula is C16H20N2O. The number of aromatic nitrogens is 1. The average Bonchev–Trinajstić information content (AvgIpc) is 2.41. The van der Waals surface area contributed by atoms with Crippen LogP contribution in [-0.2, 0) is 0 Å². The van der Waals surface area contributed by atoms with Crippen molar-refractivity contribution in [2.24, 2.45) is 0 Å². The van der Waals surface area contributed by atoms with Gasteiger partial charge in [-0.3, -0.25) is 4.79 Å². The van der Waals surface area contributed by atoms with E-state index in [1.165, 1.54) is 5.56 Å². The smallest absolute Gasteiger partial charge is 0.256 e. The number of pyridine rings is 1. The van der Waals surface area contributed by atoms with Gasteiger partial charge < -0.3 is 10.3 Å². The monoisotopic (exact) mass is 256 g/mol. The Morgan fingerprint density at radius 3 is 2.58 bits per heavy atom. The molecule has 0 amide bonds. The third-order valence-corrected chi connectivity index (χ3v) is 4.16. The summed E-state index contributed by atoms with van der Waals surface area (Å²) < 4.78 is 0. The van der Waals surface area contributed by atoms with Crippen LogP contribution in [0.4, 0.5) is 0 Å². The predicted octanol–water partition coefficient (Wildman–Crippen LogP) is 2.61. The van der Waals surface area contributed by atoms with Crippen LogP contribution in [0.25, 0.3) is 10.8 Å². The van der Waals surface area contributed by atoms with E-state index in [1.807, 2.05) is 19.9 Å². The van der Waals surface area contributed by atoms with Crippen molar-refractivity contribution < 1.29 is 0 Å². The summed E-state index contributed by atoms with van der Waals surface area (Å²) in [5, 5.41) is 5.37. The maximum Gasteiger partial charge on any atom is 0.256 e. The Morgan fingerprint density at radius 1 is 1.11 bits per heavy atom. The summed E-state index contributed by atoms with van der Waals surface area (Å²) in [4.78, 5) is 15.1. The Kier molecular flexibility index (Phi) is 3.15. The molecule has 0 radical (unpaired) electrons. The zero-order chi connectivity index (χ0) is 13.4. The zero-order valence-electron chi connectivity index (χ0n) is 11.5. The quantitative estimate of drug-likeness (QED) is 0.823. The van der Waals surface area contributed by atoms with Gasteiger partial charge in [0.1, 0.15) is 0 Å². The van der Waals surface area contributed by atoms with Gasteiger partial charge in [0.25, 0.3) is 5.56 Å². The van der Waals surface area contributed by atoms with Gasteiger partial charge in [-0.2, -0.15) is 0 Å². The molecule has 0 bridgehead atoms. The van der Waals surface area contributed by atoms with Gasteiger partial charge in [-0.05, 0) is 62.7 Å². The van der Waals surface area contributed by atoms with E-state index in [9.17, 15) is 4.79 Å². The number of aryl methyl sites for hydroxylation is 2. The van der Waals surface area contributed by atoms with Gasteiger partial charge in [-0.25, -0.2) is 0 Å². The Hall–Kier alpha value is -1.61. The summed E-state index contributed by atoms with van der Waals surface area (Å²) in [6.45, 7) is 6.19. The topological polar surface area (TPSA) is 44.9 Å². The number of aromatic amines is 1. The van der Waals surface area contributed by atoms with Crippen LogP contribution in [0.15, 0.2) is 23.0 Å². The highest BCUT2D eigenvalue weighted by molar-refractivity contribution is 5.86. The van der Waals surface area contributed by atoms with Crippen LogP contribution in [0.2, 0.25) is 0 Å². The van der Waals surface area contributed by atoms with E-state index in [1.54, 1.807) is 0 Å². The van der Waals surface area contributed by atoms with Crippen molar-refractivity contribution in [1.29, 1.82) is 0 Å². The fourth-order valence-corrected chi connectivity index (χ4v) is 3.22. The van der Waals surface area contributed by atoms with E-state index >= 15 is 0 Å². The summed E-state index contributed by atoms with van der Waals surface area (Å²) in [5.74, 6) is 0.559. The molecule has 1 saturated heterocycles. The molecule has 3 heteroatoms. The number of hydrogen-bond donors (Lipinski definition) is 2. The average molecular weight is 256 g/mol. The van der Waals surface area contributed by atoms with Gasteiger partial charge in [0.15, 0.2) is 0 Å².